The second-order valence-electron chi connectivity index (χ2n) is 9.70. The monoisotopic (exact) mass is 534 g/mol. The Balaban J connectivity index is 1.75. The van der Waals surface area contributed by atoms with Crippen LogP contribution >= 0.6 is 15.9 Å². The number of Topliss-reactive ketones (excluding diaryl/α,β-unsaturated/α-hetero) is 1. The van der Waals surface area contributed by atoms with E-state index in [0.29, 0.717) is 42.4 Å². The van der Waals surface area contributed by atoms with Crippen molar-refractivity contribution in [1.82, 2.24) is 0 Å². The molecule has 0 spiro atoms. The maximum absolute atomic E-state index is 13.6. The minimum Gasteiger partial charge on any atom is -0.493 e. The third-order valence-electron chi connectivity index (χ3n) is 6.85. The lowest BCUT2D eigenvalue weighted by molar-refractivity contribution is -0.116. The van der Waals surface area contributed by atoms with Crippen LogP contribution in [0.4, 0.5) is 0 Å². The molecule has 1 aliphatic carbocycles. The van der Waals surface area contributed by atoms with Gasteiger partial charge >= 0.3 is 0 Å². The Hall–Kier alpha value is -2.91. The van der Waals surface area contributed by atoms with Crippen LogP contribution in [-0.4, -0.2) is 25.2 Å². The first kappa shape index (κ1) is 25.2. The number of rotatable bonds is 7. The van der Waals surface area contributed by atoms with E-state index in [9.17, 15) is 10.1 Å². The second-order valence-corrected chi connectivity index (χ2v) is 10.6. The zero-order valence-electron chi connectivity index (χ0n) is 20.7. The van der Waals surface area contributed by atoms with Gasteiger partial charge in [-0.1, -0.05) is 44.2 Å². The molecular formula is C29H31BrN2O3. The van der Waals surface area contributed by atoms with Crippen molar-refractivity contribution < 1.29 is 14.3 Å². The van der Waals surface area contributed by atoms with Crippen LogP contribution in [0.1, 0.15) is 63.0 Å². The summed E-state index contributed by atoms with van der Waals surface area (Å²) in [6, 6.07) is 16.4. The van der Waals surface area contributed by atoms with Gasteiger partial charge in [0.05, 0.1) is 30.2 Å². The molecule has 0 fully saturated rings. The number of methoxy groups -OCH3 is 1. The summed E-state index contributed by atoms with van der Waals surface area (Å²) in [6.45, 7) is 6.78. The number of allylic oxidation sites excluding steroid dienone is 2. The Morgan fingerprint density at radius 2 is 1.91 bits per heavy atom. The Morgan fingerprint density at radius 3 is 2.57 bits per heavy atom. The quantitative estimate of drug-likeness (QED) is 0.384. The van der Waals surface area contributed by atoms with Crippen LogP contribution in [0.25, 0.3) is 0 Å². The van der Waals surface area contributed by atoms with Crippen molar-refractivity contribution in [3.8, 4) is 17.6 Å². The van der Waals surface area contributed by atoms with E-state index in [1.54, 1.807) is 7.11 Å². The van der Waals surface area contributed by atoms with Crippen molar-refractivity contribution in [2.75, 3.05) is 13.7 Å². The maximum atomic E-state index is 13.6. The summed E-state index contributed by atoms with van der Waals surface area (Å²) >= 11 is 3.65. The van der Waals surface area contributed by atoms with Crippen LogP contribution in [0.5, 0.6) is 11.5 Å². The SMILES string of the molecule is COc1cc(C2C3=C(CC(c4ccccc4)CC3=O)N=C(C)C2C#N)cc(Br)c1OCCC(C)C. The molecule has 0 aromatic heterocycles. The third kappa shape index (κ3) is 5.21. The predicted molar refractivity (Wildman–Crippen MR) is 141 cm³/mol. The lowest BCUT2D eigenvalue weighted by Crippen LogP contribution is -2.32. The van der Waals surface area contributed by atoms with Crippen molar-refractivity contribution in [3.05, 3.63) is 69.3 Å². The van der Waals surface area contributed by atoms with E-state index < -0.39 is 11.8 Å². The van der Waals surface area contributed by atoms with Gasteiger partial charge in [0.1, 0.15) is 0 Å². The number of ether oxygens (including phenoxy) is 2. The van der Waals surface area contributed by atoms with Crippen LogP contribution in [0.2, 0.25) is 0 Å². The second kappa shape index (κ2) is 10.8. The predicted octanol–water partition coefficient (Wildman–Crippen LogP) is 6.98. The van der Waals surface area contributed by atoms with Crippen LogP contribution in [0.3, 0.4) is 0 Å². The number of carbonyl (C=O) groups is 1. The molecule has 0 saturated carbocycles. The molecule has 3 atom stereocenters. The average molecular weight is 535 g/mol. The molecule has 182 valence electrons. The fraction of sp³-hybridized carbons (Fsp3) is 0.414. The van der Waals surface area contributed by atoms with Gasteiger partial charge in [0.2, 0.25) is 0 Å². The van der Waals surface area contributed by atoms with E-state index in [-0.39, 0.29) is 11.7 Å². The highest BCUT2D eigenvalue weighted by Gasteiger charge is 2.41. The fourth-order valence-electron chi connectivity index (χ4n) is 5.00. The minimum absolute atomic E-state index is 0.0638. The molecule has 0 radical (unpaired) electrons. The van der Waals surface area contributed by atoms with Gasteiger partial charge in [0.25, 0.3) is 0 Å². The standard InChI is InChI=1S/C29H31BrN2O3/c1-17(2)10-11-35-29-23(30)12-21(15-26(29)34-4)27-22(16-31)18(3)32-24-13-20(14-25(33)28(24)27)19-8-6-5-7-9-19/h5-9,12,15,17,20,22,27H,10-11,13-14H2,1-4H3. The van der Waals surface area contributed by atoms with E-state index >= 15 is 0 Å². The molecule has 5 nitrogen and oxygen atoms in total. The zero-order valence-corrected chi connectivity index (χ0v) is 22.3. The average Bonchev–Trinajstić information content (AvgIpc) is 2.84. The highest BCUT2D eigenvalue weighted by atomic mass is 79.9. The molecule has 1 aliphatic heterocycles. The van der Waals surface area contributed by atoms with E-state index in [2.05, 4.69) is 48.0 Å². The highest BCUT2D eigenvalue weighted by molar-refractivity contribution is 9.10. The van der Waals surface area contributed by atoms with Crippen molar-refractivity contribution in [3.63, 3.8) is 0 Å². The van der Waals surface area contributed by atoms with Gasteiger partial charge in [0.15, 0.2) is 17.3 Å². The van der Waals surface area contributed by atoms with Crippen molar-refractivity contribution >= 4 is 27.4 Å². The summed E-state index contributed by atoms with van der Waals surface area (Å²) in [7, 11) is 1.61. The van der Waals surface area contributed by atoms with Gasteiger partial charge in [-0.2, -0.15) is 5.26 Å². The number of hydrogen-bond donors (Lipinski definition) is 0. The number of nitriles is 1. The number of benzene rings is 2. The number of halogens is 1. The molecule has 35 heavy (non-hydrogen) atoms. The number of hydrogen-bond acceptors (Lipinski definition) is 5. The number of carbonyl (C=O) groups excluding carboxylic acids is 1. The largest absolute Gasteiger partial charge is 0.493 e. The molecule has 4 rings (SSSR count). The fourth-order valence-corrected chi connectivity index (χ4v) is 5.58. The molecule has 3 unspecified atom stereocenters. The maximum Gasteiger partial charge on any atom is 0.175 e. The Morgan fingerprint density at radius 1 is 1.17 bits per heavy atom. The molecule has 6 heteroatoms. The van der Waals surface area contributed by atoms with Gasteiger partial charge in [-0.25, -0.2) is 0 Å². The summed E-state index contributed by atoms with van der Waals surface area (Å²) in [5.74, 6) is 0.997. The number of aliphatic imine (C=N–C) groups is 1. The summed E-state index contributed by atoms with van der Waals surface area (Å²) in [5.41, 5.74) is 4.20. The van der Waals surface area contributed by atoms with Crippen molar-refractivity contribution in [2.45, 2.75) is 51.9 Å². The molecule has 2 aliphatic rings. The van der Waals surface area contributed by atoms with E-state index in [0.717, 1.165) is 33.4 Å². The van der Waals surface area contributed by atoms with E-state index in [1.807, 2.05) is 37.3 Å². The first-order chi connectivity index (χ1) is 16.8. The highest BCUT2D eigenvalue weighted by Crippen LogP contribution is 2.48. The molecule has 2 aromatic rings. The van der Waals surface area contributed by atoms with Crippen LogP contribution in [0, 0.1) is 23.2 Å². The minimum atomic E-state index is -0.518. The summed E-state index contributed by atoms with van der Waals surface area (Å²) in [5, 5.41) is 10.1. The van der Waals surface area contributed by atoms with E-state index in [4.69, 9.17) is 14.5 Å². The lowest BCUT2D eigenvalue weighted by atomic mass is 9.69. The smallest absolute Gasteiger partial charge is 0.175 e. The molecule has 0 amide bonds. The van der Waals surface area contributed by atoms with Crippen LogP contribution in [0.15, 0.2) is 63.2 Å². The normalized spacial score (nSPS) is 21.9. The first-order valence-electron chi connectivity index (χ1n) is 12.1. The summed E-state index contributed by atoms with van der Waals surface area (Å²) < 4.78 is 12.5. The number of ketones is 1. The van der Waals surface area contributed by atoms with E-state index in [1.165, 1.54) is 0 Å². The zero-order chi connectivity index (χ0) is 25.1. The Kier molecular flexibility index (Phi) is 7.76. The van der Waals surface area contributed by atoms with Crippen LogP contribution in [-0.2, 0) is 4.79 Å². The van der Waals surface area contributed by atoms with Crippen molar-refractivity contribution in [1.29, 1.82) is 5.26 Å². The van der Waals surface area contributed by atoms with Gasteiger partial charge in [-0.05, 0) is 70.8 Å². The molecule has 1 heterocycles. The van der Waals surface area contributed by atoms with Crippen molar-refractivity contribution in [2.24, 2.45) is 16.8 Å². The molecule has 0 N–H and O–H groups in total. The lowest BCUT2D eigenvalue weighted by Gasteiger charge is -2.35. The Bertz CT molecular complexity index is 1210. The van der Waals surface area contributed by atoms with Gasteiger partial charge < -0.3 is 9.47 Å². The van der Waals surface area contributed by atoms with Gasteiger partial charge in [0, 0.05) is 29.3 Å². The molecule has 0 saturated heterocycles. The summed E-state index contributed by atoms with van der Waals surface area (Å²) in [6.07, 6.45) is 2.03. The van der Waals surface area contributed by atoms with Gasteiger partial charge in [-0.15, -0.1) is 0 Å². The van der Waals surface area contributed by atoms with Crippen LogP contribution < -0.4 is 9.47 Å². The third-order valence-corrected chi connectivity index (χ3v) is 7.44. The molecular weight excluding hydrogens is 504 g/mol. The Labute approximate surface area is 216 Å². The van der Waals surface area contributed by atoms with Gasteiger partial charge in [-0.3, -0.25) is 9.79 Å². The number of nitrogens with zero attached hydrogens (tertiary/aromatic N) is 2. The topological polar surface area (TPSA) is 71.7 Å². The molecule has 0 bridgehead atoms. The first-order valence-corrected chi connectivity index (χ1v) is 12.9. The molecule has 2 aromatic carbocycles. The summed E-state index contributed by atoms with van der Waals surface area (Å²) in [4.78, 5) is 18.4.